The minimum Gasteiger partial charge on any atom is -0.511 e. The van der Waals surface area contributed by atoms with Crippen molar-refractivity contribution in [3.05, 3.63) is 11.3 Å². The molecule has 1 fully saturated rings. The van der Waals surface area contributed by atoms with Gasteiger partial charge in [-0.05, 0) is 31.6 Å². The second-order valence-corrected chi connectivity index (χ2v) is 6.35. The maximum atomic E-state index is 12.3. The first-order valence-corrected chi connectivity index (χ1v) is 7.33. The fourth-order valence-corrected chi connectivity index (χ4v) is 2.44. The van der Waals surface area contributed by atoms with Gasteiger partial charge in [-0.3, -0.25) is 9.79 Å². The number of nitrogens with zero attached hydrogens (tertiary/aromatic N) is 1. The standard InChI is InChI=1S/C16H27NO2/c1-6-8-13(18)15-12(17-11(3)7-2)9-16(4,5)10-14(15)19/h11,18H,6-10H2,1-5H3/t11-/m1/s1. The maximum absolute atomic E-state index is 12.3. The lowest BCUT2D eigenvalue weighted by atomic mass is 9.73. The van der Waals surface area contributed by atoms with E-state index in [1.807, 2.05) is 13.8 Å². The summed E-state index contributed by atoms with van der Waals surface area (Å²) >= 11 is 0. The van der Waals surface area contributed by atoms with Gasteiger partial charge in [0.2, 0.25) is 0 Å². The third kappa shape index (κ3) is 4.19. The molecule has 1 atom stereocenters. The predicted octanol–water partition coefficient (Wildman–Crippen LogP) is 4.23. The van der Waals surface area contributed by atoms with Crippen LogP contribution in [-0.4, -0.2) is 22.6 Å². The molecule has 0 unspecified atom stereocenters. The first-order valence-electron chi connectivity index (χ1n) is 7.33. The molecule has 0 spiro atoms. The Bertz CT molecular complexity index is 405. The molecule has 3 heteroatoms. The van der Waals surface area contributed by atoms with Crippen molar-refractivity contribution in [1.82, 2.24) is 0 Å². The van der Waals surface area contributed by atoms with Gasteiger partial charge in [-0.25, -0.2) is 0 Å². The molecule has 1 saturated carbocycles. The van der Waals surface area contributed by atoms with Crippen molar-refractivity contribution in [3.8, 4) is 0 Å². The van der Waals surface area contributed by atoms with Gasteiger partial charge in [-0.1, -0.05) is 27.7 Å². The Kier molecular flexibility index (Phi) is 5.33. The average molecular weight is 265 g/mol. The second kappa shape index (κ2) is 6.36. The molecule has 19 heavy (non-hydrogen) atoms. The van der Waals surface area contributed by atoms with Gasteiger partial charge in [0.15, 0.2) is 5.78 Å². The summed E-state index contributed by atoms with van der Waals surface area (Å²) in [6.45, 7) is 10.3. The van der Waals surface area contributed by atoms with Crippen LogP contribution >= 0.6 is 0 Å². The monoisotopic (exact) mass is 265 g/mol. The van der Waals surface area contributed by atoms with E-state index in [0.29, 0.717) is 18.4 Å². The summed E-state index contributed by atoms with van der Waals surface area (Å²) in [7, 11) is 0. The Hall–Kier alpha value is -1.12. The maximum Gasteiger partial charge on any atom is 0.168 e. The highest BCUT2D eigenvalue weighted by Crippen LogP contribution is 2.36. The predicted molar refractivity (Wildman–Crippen MR) is 79.8 cm³/mol. The minimum atomic E-state index is -0.0562. The molecule has 0 radical (unpaired) electrons. The lowest BCUT2D eigenvalue weighted by Gasteiger charge is -2.32. The summed E-state index contributed by atoms with van der Waals surface area (Å²) in [5.41, 5.74) is 1.25. The zero-order valence-electron chi connectivity index (χ0n) is 12.9. The van der Waals surface area contributed by atoms with Crippen LogP contribution in [0.5, 0.6) is 0 Å². The van der Waals surface area contributed by atoms with Crippen LogP contribution in [0, 0.1) is 5.41 Å². The normalized spacial score (nSPS) is 25.5. The number of allylic oxidation sites excluding steroid dienone is 2. The van der Waals surface area contributed by atoms with Crippen LogP contribution in [0.25, 0.3) is 0 Å². The number of ketones is 1. The quantitative estimate of drug-likeness (QED) is 0.611. The van der Waals surface area contributed by atoms with Gasteiger partial charge in [-0.2, -0.15) is 0 Å². The van der Waals surface area contributed by atoms with Crippen molar-refractivity contribution < 1.29 is 9.90 Å². The van der Waals surface area contributed by atoms with Crippen LogP contribution < -0.4 is 0 Å². The molecule has 0 aromatic heterocycles. The Labute approximate surface area is 116 Å². The summed E-state index contributed by atoms with van der Waals surface area (Å²) in [5, 5.41) is 10.1. The highest BCUT2D eigenvalue weighted by atomic mass is 16.3. The van der Waals surface area contributed by atoms with Crippen LogP contribution in [0.3, 0.4) is 0 Å². The van der Waals surface area contributed by atoms with E-state index in [9.17, 15) is 9.90 Å². The number of rotatable bonds is 4. The topological polar surface area (TPSA) is 49.7 Å². The zero-order chi connectivity index (χ0) is 14.6. The summed E-state index contributed by atoms with van der Waals surface area (Å²) in [4.78, 5) is 17.0. The lowest BCUT2D eigenvalue weighted by molar-refractivity contribution is -0.117. The Morgan fingerprint density at radius 2 is 2.00 bits per heavy atom. The van der Waals surface area contributed by atoms with Crippen molar-refractivity contribution in [2.24, 2.45) is 10.4 Å². The largest absolute Gasteiger partial charge is 0.511 e. The molecule has 0 aromatic carbocycles. The van der Waals surface area contributed by atoms with Gasteiger partial charge in [0, 0.05) is 24.6 Å². The molecule has 1 rings (SSSR count). The molecule has 1 N–H and O–H groups in total. The summed E-state index contributed by atoms with van der Waals surface area (Å²) < 4.78 is 0. The van der Waals surface area contributed by atoms with Gasteiger partial charge < -0.3 is 5.11 Å². The fraction of sp³-hybridized carbons (Fsp3) is 0.750. The molecule has 3 nitrogen and oxygen atoms in total. The molecular weight excluding hydrogens is 238 g/mol. The summed E-state index contributed by atoms with van der Waals surface area (Å²) in [6.07, 6.45) is 3.60. The van der Waals surface area contributed by atoms with Crippen molar-refractivity contribution in [1.29, 1.82) is 0 Å². The van der Waals surface area contributed by atoms with Crippen LogP contribution in [0.2, 0.25) is 0 Å². The fourth-order valence-electron chi connectivity index (χ4n) is 2.44. The smallest absolute Gasteiger partial charge is 0.168 e. The number of carbonyl (C=O) groups excluding carboxylic acids is 1. The van der Waals surface area contributed by atoms with Crippen LogP contribution in [-0.2, 0) is 4.79 Å². The zero-order valence-corrected chi connectivity index (χ0v) is 12.9. The Morgan fingerprint density at radius 3 is 2.53 bits per heavy atom. The Balaban J connectivity index is 3.20. The molecule has 1 aliphatic carbocycles. The van der Waals surface area contributed by atoms with E-state index in [1.54, 1.807) is 0 Å². The van der Waals surface area contributed by atoms with Crippen molar-refractivity contribution in [2.45, 2.75) is 72.8 Å². The van der Waals surface area contributed by atoms with Crippen LogP contribution in [0.1, 0.15) is 66.7 Å². The average Bonchev–Trinajstić information content (AvgIpc) is 2.26. The molecule has 0 aromatic rings. The molecule has 0 bridgehead atoms. The first kappa shape index (κ1) is 15.9. The van der Waals surface area contributed by atoms with Gasteiger partial charge in [0.05, 0.1) is 5.57 Å². The van der Waals surface area contributed by atoms with Crippen molar-refractivity contribution in [3.63, 3.8) is 0 Å². The number of Topliss-reactive ketones (excluding diaryl/α,β-unsaturated/α-hetero) is 1. The number of hydrogen-bond acceptors (Lipinski definition) is 3. The molecule has 108 valence electrons. The van der Waals surface area contributed by atoms with Crippen LogP contribution in [0.4, 0.5) is 0 Å². The molecule has 1 aliphatic rings. The number of aliphatic hydroxyl groups is 1. The van der Waals surface area contributed by atoms with Gasteiger partial charge >= 0.3 is 0 Å². The van der Waals surface area contributed by atoms with Gasteiger partial charge in [0.25, 0.3) is 0 Å². The van der Waals surface area contributed by atoms with Gasteiger partial charge in [0.1, 0.15) is 5.76 Å². The van der Waals surface area contributed by atoms with E-state index >= 15 is 0 Å². The van der Waals surface area contributed by atoms with E-state index in [1.165, 1.54) is 0 Å². The Morgan fingerprint density at radius 1 is 1.37 bits per heavy atom. The number of carbonyl (C=O) groups is 1. The van der Waals surface area contributed by atoms with E-state index < -0.39 is 0 Å². The molecule has 0 aliphatic heterocycles. The van der Waals surface area contributed by atoms with E-state index in [4.69, 9.17) is 0 Å². The van der Waals surface area contributed by atoms with E-state index in [2.05, 4.69) is 25.8 Å². The SMILES string of the molecule is CCCC(O)=C1C(=O)CC(C)(C)CC1=N[C@H](C)CC. The highest BCUT2D eigenvalue weighted by molar-refractivity contribution is 6.24. The van der Waals surface area contributed by atoms with Crippen molar-refractivity contribution >= 4 is 11.5 Å². The van der Waals surface area contributed by atoms with Gasteiger partial charge in [-0.15, -0.1) is 0 Å². The molecule has 0 amide bonds. The lowest BCUT2D eigenvalue weighted by Crippen LogP contribution is -2.33. The third-order valence-electron chi connectivity index (χ3n) is 3.59. The summed E-state index contributed by atoms with van der Waals surface area (Å²) in [6, 6.07) is 0.195. The first-order chi connectivity index (χ1) is 8.80. The summed E-state index contributed by atoms with van der Waals surface area (Å²) in [5.74, 6) is 0.273. The number of aliphatic imine (C=N–C) groups is 1. The van der Waals surface area contributed by atoms with Crippen molar-refractivity contribution in [2.75, 3.05) is 0 Å². The number of hydrogen-bond donors (Lipinski definition) is 1. The van der Waals surface area contributed by atoms with E-state index in [0.717, 1.165) is 25.0 Å². The molecule has 0 saturated heterocycles. The molecular formula is C16H27NO2. The van der Waals surface area contributed by atoms with Crippen LogP contribution in [0.15, 0.2) is 16.3 Å². The highest BCUT2D eigenvalue weighted by Gasteiger charge is 2.36. The third-order valence-corrected chi connectivity index (χ3v) is 3.59. The second-order valence-electron chi connectivity index (χ2n) is 6.35. The van der Waals surface area contributed by atoms with E-state index in [-0.39, 0.29) is 23.0 Å². The minimum absolute atomic E-state index is 0.0456. The number of aliphatic hydroxyl groups excluding tert-OH is 1. The molecule has 0 heterocycles.